The molecule has 1 N–H and O–H groups in total. The number of aliphatic hydroxyl groups excluding tert-OH is 1. The third-order valence-electron chi connectivity index (χ3n) is 2.74. The molecule has 98 valence electrons. The summed E-state index contributed by atoms with van der Waals surface area (Å²) in [6.45, 7) is 8.91. The van der Waals surface area contributed by atoms with Gasteiger partial charge in [-0.1, -0.05) is 34.9 Å². The lowest BCUT2D eigenvalue weighted by molar-refractivity contribution is 0.302. The Balaban J connectivity index is 3.80. The summed E-state index contributed by atoms with van der Waals surface area (Å²) in [6.07, 6.45) is 12.1. The van der Waals surface area contributed by atoms with Gasteiger partial charge < -0.3 is 5.11 Å². The van der Waals surface area contributed by atoms with Crippen molar-refractivity contribution in [3.05, 3.63) is 34.9 Å². The van der Waals surface area contributed by atoms with Crippen LogP contribution in [0.2, 0.25) is 0 Å². The summed E-state index contributed by atoms with van der Waals surface area (Å²) in [5.74, 6) is 0. The minimum Gasteiger partial charge on any atom is -0.396 e. The van der Waals surface area contributed by atoms with Crippen LogP contribution in [0.1, 0.15) is 59.8 Å². The van der Waals surface area contributed by atoms with Gasteiger partial charge in [0.2, 0.25) is 0 Å². The van der Waals surface area contributed by atoms with E-state index in [1.54, 1.807) is 0 Å². The molecule has 0 bridgehead atoms. The second-order valence-electron chi connectivity index (χ2n) is 4.97. The fourth-order valence-electron chi connectivity index (χ4n) is 1.65. The fraction of sp³-hybridized carbons (Fsp3) is 0.625. The molecule has 0 amide bonds. The number of hydrogen-bond acceptors (Lipinski definition) is 1. The average Bonchev–Trinajstić information content (AvgIpc) is 2.25. The zero-order valence-corrected chi connectivity index (χ0v) is 11.9. The summed E-state index contributed by atoms with van der Waals surface area (Å²) in [7, 11) is 0. The highest BCUT2D eigenvalue weighted by molar-refractivity contribution is 5.05. The Morgan fingerprint density at radius 2 is 1.24 bits per heavy atom. The molecule has 17 heavy (non-hydrogen) atoms. The molecule has 0 aliphatic carbocycles. The van der Waals surface area contributed by atoms with Crippen molar-refractivity contribution in [2.75, 3.05) is 6.61 Å². The maximum atomic E-state index is 8.71. The summed E-state index contributed by atoms with van der Waals surface area (Å²) in [6, 6.07) is 0. The van der Waals surface area contributed by atoms with E-state index in [2.05, 4.69) is 45.9 Å². The van der Waals surface area contributed by atoms with E-state index < -0.39 is 0 Å². The van der Waals surface area contributed by atoms with Crippen molar-refractivity contribution >= 4 is 0 Å². The first-order valence-electron chi connectivity index (χ1n) is 6.61. The van der Waals surface area contributed by atoms with E-state index in [-0.39, 0.29) is 6.61 Å². The van der Waals surface area contributed by atoms with Crippen LogP contribution in [0.25, 0.3) is 0 Å². The van der Waals surface area contributed by atoms with Gasteiger partial charge in [0.15, 0.2) is 0 Å². The highest BCUT2D eigenvalue weighted by atomic mass is 16.2. The molecule has 0 rings (SSSR count). The third kappa shape index (κ3) is 11.4. The molecule has 0 aromatic rings. The zero-order chi connectivity index (χ0) is 13.1. The molecular weight excluding hydrogens is 208 g/mol. The lowest BCUT2D eigenvalue weighted by Gasteiger charge is -2.01. The first-order valence-corrected chi connectivity index (χ1v) is 6.61. The topological polar surface area (TPSA) is 20.2 Å². The molecule has 0 atom stereocenters. The molecular formula is C16H28O. The van der Waals surface area contributed by atoms with Crippen LogP contribution in [-0.4, -0.2) is 11.7 Å². The van der Waals surface area contributed by atoms with Gasteiger partial charge in [-0.25, -0.2) is 0 Å². The Labute approximate surface area is 107 Å². The van der Waals surface area contributed by atoms with E-state index in [1.165, 1.54) is 23.1 Å². The molecule has 0 fully saturated rings. The third-order valence-corrected chi connectivity index (χ3v) is 2.74. The van der Waals surface area contributed by atoms with Crippen LogP contribution < -0.4 is 0 Å². The molecule has 1 nitrogen and oxygen atoms in total. The van der Waals surface area contributed by atoms with Crippen molar-refractivity contribution < 1.29 is 5.11 Å². The van der Waals surface area contributed by atoms with Crippen LogP contribution in [0, 0.1) is 0 Å². The number of aliphatic hydroxyl groups is 1. The molecule has 0 unspecified atom stereocenters. The largest absolute Gasteiger partial charge is 0.396 e. The van der Waals surface area contributed by atoms with Crippen LogP contribution >= 0.6 is 0 Å². The Bertz CT molecular complexity index is 278. The fourth-order valence-corrected chi connectivity index (χ4v) is 1.65. The molecule has 1 heteroatoms. The minimum atomic E-state index is 0.259. The molecule has 0 aliphatic rings. The molecule has 0 aromatic carbocycles. The van der Waals surface area contributed by atoms with E-state index in [1.807, 2.05) is 0 Å². The second kappa shape index (κ2) is 10.3. The standard InChI is InChI=1S/C16H28O/c1-14(2)8-5-9-15(3)10-6-11-16(4)12-7-13-17/h8,10,12,17H,5-7,9,11,13H2,1-4H3/b15-10-,16-12+. The normalized spacial score (nSPS) is 12.8. The van der Waals surface area contributed by atoms with Crippen molar-refractivity contribution in [3.8, 4) is 0 Å². The van der Waals surface area contributed by atoms with E-state index >= 15 is 0 Å². The molecule has 0 heterocycles. The van der Waals surface area contributed by atoms with Gasteiger partial charge >= 0.3 is 0 Å². The molecule has 0 aromatic heterocycles. The van der Waals surface area contributed by atoms with Gasteiger partial charge in [0.05, 0.1) is 0 Å². The Hall–Kier alpha value is -0.820. The SMILES string of the molecule is CC(C)=CCC/C(C)=C\CC/C(C)=C/CCO. The Kier molecular flexibility index (Phi) is 9.84. The maximum absolute atomic E-state index is 8.71. The van der Waals surface area contributed by atoms with Crippen LogP contribution in [0.4, 0.5) is 0 Å². The Morgan fingerprint density at radius 3 is 1.71 bits per heavy atom. The lowest BCUT2D eigenvalue weighted by Crippen LogP contribution is -1.82. The van der Waals surface area contributed by atoms with Crippen LogP contribution in [-0.2, 0) is 0 Å². The first-order chi connectivity index (χ1) is 8.06. The zero-order valence-electron chi connectivity index (χ0n) is 11.9. The number of rotatable bonds is 8. The first kappa shape index (κ1) is 16.2. The number of hydrogen-bond donors (Lipinski definition) is 1. The predicted octanol–water partition coefficient (Wildman–Crippen LogP) is 4.79. The molecule has 0 aliphatic heterocycles. The van der Waals surface area contributed by atoms with Crippen LogP contribution in [0.3, 0.4) is 0 Å². The second-order valence-corrected chi connectivity index (χ2v) is 4.97. The van der Waals surface area contributed by atoms with E-state index in [0.717, 1.165) is 25.7 Å². The summed E-state index contributed by atoms with van der Waals surface area (Å²) in [4.78, 5) is 0. The van der Waals surface area contributed by atoms with Gasteiger partial charge in [-0.2, -0.15) is 0 Å². The van der Waals surface area contributed by atoms with Gasteiger partial charge in [0, 0.05) is 6.61 Å². The van der Waals surface area contributed by atoms with Crippen molar-refractivity contribution in [2.24, 2.45) is 0 Å². The molecule has 0 saturated heterocycles. The molecule has 0 spiro atoms. The van der Waals surface area contributed by atoms with Crippen LogP contribution in [0.5, 0.6) is 0 Å². The quantitative estimate of drug-likeness (QED) is 0.601. The smallest absolute Gasteiger partial charge is 0.0465 e. The van der Waals surface area contributed by atoms with Gasteiger partial charge in [0.1, 0.15) is 0 Å². The van der Waals surface area contributed by atoms with E-state index in [0.29, 0.717) is 0 Å². The predicted molar refractivity (Wildman–Crippen MR) is 77.1 cm³/mol. The lowest BCUT2D eigenvalue weighted by atomic mass is 10.1. The van der Waals surface area contributed by atoms with Crippen LogP contribution in [0.15, 0.2) is 34.9 Å². The summed E-state index contributed by atoms with van der Waals surface area (Å²) >= 11 is 0. The van der Waals surface area contributed by atoms with Gasteiger partial charge in [-0.15, -0.1) is 0 Å². The monoisotopic (exact) mass is 236 g/mol. The summed E-state index contributed by atoms with van der Waals surface area (Å²) < 4.78 is 0. The van der Waals surface area contributed by atoms with E-state index in [4.69, 9.17) is 5.11 Å². The van der Waals surface area contributed by atoms with Crippen molar-refractivity contribution in [2.45, 2.75) is 59.8 Å². The summed E-state index contributed by atoms with van der Waals surface area (Å²) in [5.41, 5.74) is 4.27. The Morgan fingerprint density at radius 1 is 0.765 bits per heavy atom. The van der Waals surface area contributed by atoms with Gasteiger partial charge in [-0.3, -0.25) is 0 Å². The van der Waals surface area contributed by atoms with E-state index in [9.17, 15) is 0 Å². The highest BCUT2D eigenvalue weighted by Crippen LogP contribution is 2.11. The minimum absolute atomic E-state index is 0.259. The molecule has 0 saturated carbocycles. The van der Waals surface area contributed by atoms with Gasteiger partial charge in [0.25, 0.3) is 0 Å². The average molecular weight is 236 g/mol. The summed E-state index contributed by atoms with van der Waals surface area (Å²) in [5, 5.41) is 8.71. The maximum Gasteiger partial charge on any atom is 0.0465 e. The highest BCUT2D eigenvalue weighted by Gasteiger charge is 1.91. The number of allylic oxidation sites excluding steroid dienone is 5. The molecule has 0 radical (unpaired) electrons. The van der Waals surface area contributed by atoms with Crippen molar-refractivity contribution in [1.29, 1.82) is 0 Å². The van der Waals surface area contributed by atoms with Crippen molar-refractivity contribution in [3.63, 3.8) is 0 Å². The van der Waals surface area contributed by atoms with Gasteiger partial charge in [-0.05, 0) is 59.8 Å². The van der Waals surface area contributed by atoms with Crippen molar-refractivity contribution in [1.82, 2.24) is 0 Å².